The van der Waals surface area contributed by atoms with E-state index in [9.17, 15) is 31.5 Å². The third kappa shape index (κ3) is 8.18. The number of nitrogens with one attached hydrogen (secondary N) is 1. The number of amides is 3. The van der Waals surface area contributed by atoms with Gasteiger partial charge >= 0.3 is 12.4 Å². The minimum absolute atomic E-state index is 0.0330. The van der Waals surface area contributed by atoms with Crippen molar-refractivity contribution in [3.8, 4) is 22.8 Å². The summed E-state index contributed by atoms with van der Waals surface area (Å²) < 4.78 is 71.2. The first kappa shape index (κ1) is 31.5. The van der Waals surface area contributed by atoms with Crippen LogP contribution in [0.3, 0.4) is 0 Å². The van der Waals surface area contributed by atoms with Crippen molar-refractivity contribution >= 4 is 40.2 Å². The fourth-order valence-electron chi connectivity index (χ4n) is 4.11. The average molecular weight is 648 g/mol. The molecule has 234 valence electrons. The molecule has 0 radical (unpaired) electrons. The second-order valence-corrected chi connectivity index (χ2v) is 10.3. The van der Waals surface area contributed by atoms with Crippen molar-refractivity contribution in [1.29, 1.82) is 0 Å². The molecule has 1 aromatic heterocycles. The highest BCUT2D eigenvalue weighted by atomic mass is 32.2. The Balaban J connectivity index is 1.26. The summed E-state index contributed by atoms with van der Waals surface area (Å²) in [7, 11) is 0. The topological polar surface area (TPSA) is 124 Å². The summed E-state index contributed by atoms with van der Waals surface area (Å²) in [5.41, 5.74) is 2.94. The largest absolute Gasteiger partial charge is 0.573 e. The first-order valence-electron chi connectivity index (χ1n) is 13.0. The van der Waals surface area contributed by atoms with Gasteiger partial charge in [-0.3, -0.25) is 9.69 Å². The Hall–Kier alpha value is -4.90. The third-order valence-corrected chi connectivity index (χ3v) is 6.98. The van der Waals surface area contributed by atoms with E-state index in [0.717, 1.165) is 34.3 Å². The Morgan fingerprint density at radius 2 is 1.82 bits per heavy atom. The molecule has 0 atom stereocenters. The number of rotatable bonds is 9. The lowest BCUT2D eigenvalue weighted by molar-refractivity contribution is -0.274. The van der Waals surface area contributed by atoms with Crippen molar-refractivity contribution in [1.82, 2.24) is 20.2 Å². The molecule has 1 saturated heterocycles. The summed E-state index contributed by atoms with van der Waals surface area (Å²) in [6.07, 6.45) is -7.45. The number of hydrogen-bond acceptors (Lipinski definition) is 8. The predicted octanol–water partition coefficient (Wildman–Crippen LogP) is 5.99. The number of carbonyl (C=O) groups is 2. The fourth-order valence-corrected chi connectivity index (χ4v) is 4.96. The number of alkyl halides is 5. The van der Waals surface area contributed by atoms with E-state index in [1.165, 1.54) is 17.0 Å². The number of aliphatic imine (C=N–C) groups is 1. The molecule has 3 amide bonds. The Labute approximate surface area is 256 Å². The van der Waals surface area contributed by atoms with E-state index in [1.807, 2.05) is 0 Å². The van der Waals surface area contributed by atoms with E-state index in [2.05, 4.69) is 30.5 Å². The molecule has 1 N–H and O–H groups in total. The first-order chi connectivity index (χ1) is 21.4. The molecule has 0 aliphatic carbocycles. The van der Waals surface area contributed by atoms with E-state index < -0.39 is 31.2 Å². The number of tetrazole rings is 1. The number of thioether (sulfide) groups is 1. The highest BCUT2D eigenvalue weighted by molar-refractivity contribution is 8.15. The van der Waals surface area contributed by atoms with Crippen molar-refractivity contribution in [2.24, 2.45) is 4.99 Å². The monoisotopic (exact) mass is 647 g/mol. The van der Waals surface area contributed by atoms with Gasteiger partial charge in [0.2, 0.25) is 11.7 Å². The lowest BCUT2D eigenvalue weighted by Crippen LogP contribution is -2.31. The van der Waals surface area contributed by atoms with Gasteiger partial charge in [-0.2, -0.15) is 4.99 Å². The zero-order chi connectivity index (χ0) is 32.1. The van der Waals surface area contributed by atoms with Gasteiger partial charge in [0, 0.05) is 16.8 Å². The molecule has 0 spiro atoms. The molecule has 11 nitrogen and oxygen atoms in total. The van der Waals surface area contributed by atoms with Crippen molar-refractivity contribution in [3.05, 3.63) is 77.9 Å². The maximum absolute atomic E-state index is 12.8. The van der Waals surface area contributed by atoms with E-state index in [4.69, 9.17) is 4.74 Å². The lowest BCUT2D eigenvalue weighted by Gasteiger charge is -2.20. The zero-order valence-corrected chi connectivity index (χ0v) is 24.0. The molecular formula is C28H22F5N7O4S. The summed E-state index contributed by atoms with van der Waals surface area (Å²) in [6, 6.07) is 15.7. The van der Waals surface area contributed by atoms with E-state index >= 15 is 0 Å². The minimum atomic E-state index is -4.81. The highest BCUT2D eigenvalue weighted by Gasteiger charge is 2.32. The van der Waals surface area contributed by atoms with Crippen LogP contribution in [0.4, 0.5) is 38.1 Å². The number of aromatic nitrogens is 4. The molecule has 2 heterocycles. The average Bonchev–Trinajstić information content (AvgIpc) is 3.61. The van der Waals surface area contributed by atoms with Crippen LogP contribution >= 0.6 is 11.8 Å². The smallest absolute Gasteiger partial charge is 0.406 e. The van der Waals surface area contributed by atoms with Crippen molar-refractivity contribution in [2.45, 2.75) is 26.3 Å². The number of ether oxygens (including phenoxy) is 2. The Morgan fingerprint density at radius 1 is 1.09 bits per heavy atom. The summed E-state index contributed by atoms with van der Waals surface area (Å²) in [6.45, 7) is 0.884. The number of benzene rings is 3. The Kier molecular flexibility index (Phi) is 9.38. The van der Waals surface area contributed by atoms with E-state index in [-0.39, 0.29) is 29.3 Å². The molecule has 45 heavy (non-hydrogen) atoms. The molecule has 17 heteroatoms. The van der Waals surface area contributed by atoms with Crippen LogP contribution in [0.25, 0.3) is 17.1 Å². The molecule has 1 aliphatic rings. The van der Waals surface area contributed by atoms with Gasteiger partial charge in [-0.15, -0.1) is 28.2 Å². The molecule has 5 rings (SSSR count). The van der Waals surface area contributed by atoms with Crippen molar-refractivity contribution < 1.29 is 41.0 Å². The normalized spacial score (nSPS) is 14.4. The predicted molar refractivity (Wildman–Crippen MR) is 155 cm³/mol. The molecular weight excluding hydrogens is 625 g/mol. The maximum atomic E-state index is 12.8. The maximum Gasteiger partial charge on any atom is 0.573 e. The third-order valence-electron chi connectivity index (χ3n) is 6.05. The lowest BCUT2D eigenvalue weighted by atomic mass is 10.1. The Bertz CT molecular complexity index is 1710. The van der Waals surface area contributed by atoms with Crippen LogP contribution < -0.4 is 15.0 Å². The molecule has 4 aromatic rings. The quantitative estimate of drug-likeness (QED) is 0.220. The number of nitrogens with zero attached hydrogens (tertiary/aromatic N) is 6. The standard InChI is InChI=1S/C28H22F5N7O4S/c1-16-2-3-18(13-43-14-23(29)30)22(12-16)39-24(41)15-45-27(39)35-26(42)34-19-6-4-17(5-7-19)25-36-38-40(37-25)20-8-10-21(11-9-20)44-28(31,32)33/h2-12,23H,13-15H2,1H3,(H,34,42). The van der Waals surface area contributed by atoms with Crippen molar-refractivity contribution in [2.75, 3.05) is 22.6 Å². The van der Waals surface area contributed by atoms with Gasteiger partial charge < -0.3 is 14.8 Å². The molecule has 0 bridgehead atoms. The van der Waals surface area contributed by atoms with Gasteiger partial charge in [-0.1, -0.05) is 23.9 Å². The van der Waals surface area contributed by atoms with Gasteiger partial charge in [0.25, 0.3) is 6.43 Å². The molecule has 1 fully saturated rings. The van der Waals surface area contributed by atoms with Crippen LogP contribution in [-0.4, -0.2) is 62.5 Å². The number of urea groups is 1. The van der Waals surface area contributed by atoms with E-state index in [1.54, 1.807) is 49.4 Å². The highest BCUT2D eigenvalue weighted by Crippen LogP contribution is 2.31. The van der Waals surface area contributed by atoms with Crippen LogP contribution in [0.15, 0.2) is 71.7 Å². The van der Waals surface area contributed by atoms with Gasteiger partial charge in [-0.25, -0.2) is 13.6 Å². The van der Waals surface area contributed by atoms with Crippen LogP contribution in [0.5, 0.6) is 5.75 Å². The molecule has 0 unspecified atom stereocenters. The van der Waals surface area contributed by atoms with Crippen molar-refractivity contribution in [3.63, 3.8) is 0 Å². The van der Waals surface area contributed by atoms with Crippen LogP contribution in [0.1, 0.15) is 11.1 Å². The number of carbonyl (C=O) groups excluding carboxylic acids is 2. The second-order valence-electron chi connectivity index (χ2n) is 9.40. The zero-order valence-electron chi connectivity index (χ0n) is 23.2. The Morgan fingerprint density at radius 3 is 2.51 bits per heavy atom. The number of halogens is 5. The summed E-state index contributed by atoms with van der Waals surface area (Å²) in [4.78, 5) is 32.0. The second kappa shape index (κ2) is 13.4. The van der Waals surface area contributed by atoms with Crippen LogP contribution in [-0.2, 0) is 16.1 Å². The minimum Gasteiger partial charge on any atom is -0.406 e. The van der Waals surface area contributed by atoms with Crippen LogP contribution in [0, 0.1) is 6.92 Å². The number of hydrogen-bond donors (Lipinski definition) is 1. The fraction of sp³-hybridized carbons (Fsp3) is 0.214. The summed E-state index contributed by atoms with van der Waals surface area (Å²) in [5.74, 6) is -0.475. The van der Waals surface area contributed by atoms with Gasteiger partial charge in [-0.05, 0) is 72.3 Å². The van der Waals surface area contributed by atoms with Gasteiger partial charge in [0.1, 0.15) is 12.4 Å². The van der Waals surface area contributed by atoms with Gasteiger partial charge in [0.05, 0.1) is 23.7 Å². The van der Waals surface area contributed by atoms with Gasteiger partial charge in [0.15, 0.2) is 5.17 Å². The molecule has 0 saturated carbocycles. The summed E-state index contributed by atoms with van der Waals surface area (Å²) in [5, 5.41) is 14.9. The number of aryl methyl sites for hydroxylation is 1. The summed E-state index contributed by atoms with van der Waals surface area (Å²) >= 11 is 1.06. The number of amidine groups is 1. The van der Waals surface area contributed by atoms with Crippen LogP contribution in [0.2, 0.25) is 0 Å². The number of anilines is 2. The molecule has 1 aliphatic heterocycles. The SMILES string of the molecule is Cc1ccc(COCC(F)F)c(N2C(=O)CSC2=NC(=O)Nc2ccc(-c3nnn(-c4ccc(OC(F)(F)F)cc4)n3)cc2)c1. The first-order valence-corrected chi connectivity index (χ1v) is 14.0. The van der Waals surface area contributed by atoms with E-state index in [0.29, 0.717) is 28.2 Å². The molecule has 3 aromatic carbocycles.